The van der Waals surface area contributed by atoms with Gasteiger partial charge in [-0.25, -0.2) is 9.78 Å². The number of amides is 2. The molecule has 0 spiro atoms. The molecule has 1 aromatic heterocycles. The van der Waals surface area contributed by atoms with Crippen LogP contribution in [0.3, 0.4) is 0 Å². The Hall–Kier alpha value is -1.96. The van der Waals surface area contributed by atoms with Gasteiger partial charge in [0.25, 0.3) is 0 Å². The lowest BCUT2D eigenvalue weighted by Crippen LogP contribution is -2.40. The number of thiazole rings is 1. The van der Waals surface area contributed by atoms with E-state index in [1.165, 1.54) is 16.7 Å². The minimum Gasteiger partial charge on any atom is -0.476 e. The van der Waals surface area contributed by atoms with Crippen LogP contribution in [-0.2, 0) is 16.0 Å². The highest BCUT2D eigenvalue weighted by Crippen LogP contribution is 2.31. The number of hydrogen-bond donors (Lipinski definition) is 2. The normalized spacial score (nSPS) is 26.1. The number of carbonyl (C=O) groups is 3. The monoisotopic (exact) mass is 379 g/mol. The first-order valence-corrected chi connectivity index (χ1v) is 10.1. The van der Waals surface area contributed by atoms with Crippen LogP contribution in [0.1, 0.15) is 54.5 Å². The molecule has 1 unspecified atom stereocenters. The highest BCUT2D eigenvalue weighted by atomic mass is 32.1. The van der Waals surface area contributed by atoms with E-state index in [9.17, 15) is 14.4 Å². The molecule has 1 aromatic rings. The second kappa shape index (κ2) is 8.16. The first-order chi connectivity index (χ1) is 12.4. The van der Waals surface area contributed by atoms with Crippen molar-refractivity contribution >= 4 is 29.1 Å². The van der Waals surface area contributed by atoms with Gasteiger partial charge < -0.3 is 15.3 Å². The van der Waals surface area contributed by atoms with Crippen molar-refractivity contribution in [3.63, 3.8) is 0 Å². The lowest BCUT2D eigenvalue weighted by molar-refractivity contribution is -0.130. The molecule has 2 fully saturated rings. The van der Waals surface area contributed by atoms with Crippen molar-refractivity contribution in [1.29, 1.82) is 0 Å². The number of carbonyl (C=O) groups excluding carboxylic acids is 2. The Kier molecular flexibility index (Phi) is 5.90. The zero-order valence-corrected chi connectivity index (χ0v) is 15.8. The average Bonchev–Trinajstić information content (AvgIpc) is 3.23. The average molecular weight is 379 g/mol. The smallest absolute Gasteiger partial charge is 0.355 e. The number of aromatic carboxylic acids is 1. The number of aromatic nitrogens is 1. The third-order valence-corrected chi connectivity index (χ3v) is 6.27. The fraction of sp³-hybridized carbons (Fsp3) is 0.667. The molecule has 1 atom stereocenters. The topological polar surface area (TPSA) is 99.6 Å². The molecular formula is C18H25N3O4S. The molecule has 0 radical (unpaired) electrons. The van der Waals surface area contributed by atoms with Crippen LogP contribution in [0.2, 0.25) is 0 Å². The molecular weight excluding hydrogens is 354 g/mol. The van der Waals surface area contributed by atoms with Crippen molar-refractivity contribution in [2.75, 3.05) is 13.1 Å². The molecule has 2 heterocycles. The predicted octanol–water partition coefficient (Wildman–Crippen LogP) is 1.93. The number of hydrogen-bond acceptors (Lipinski definition) is 5. The van der Waals surface area contributed by atoms with Gasteiger partial charge in [0.2, 0.25) is 11.8 Å². The number of nitrogens with zero attached hydrogens (tertiary/aromatic N) is 2. The zero-order valence-electron chi connectivity index (χ0n) is 14.9. The molecule has 0 aromatic carbocycles. The molecule has 2 amide bonds. The highest BCUT2D eigenvalue weighted by molar-refractivity contribution is 7.09. The summed E-state index contributed by atoms with van der Waals surface area (Å²) in [6.07, 6.45) is 5.16. The number of nitrogens with one attached hydrogen (secondary N) is 1. The number of carboxylic acids is 1. The third kappa shape index (κ3) is 4.41. The Morgan fingerprint density at radius 3 is 2.73 bits per heavy atom. The predicted molar refractivity (Wildman–Crippen MR) is 97.0 cm³/mol. The van der Waals surface area contributed by atoms with Crippen LogP contribution >= 0.6 is 11.3 Å². The molecule has 0 bridgehead atoms. The molecule has 7 nitrogen and oxygen atoms in total. The summed E-state index contributed by atoms with van der Waals surface area (Å²) in [6.45, 7) is 3.17. The van der Waals surface area contributed by atoms with E-state index in [1.807, 2.05) is 4.90 Å². The van der Waals surface area contributed by atoms with Gasteiger partial charge in [-0.2, -0.15) is 0 Å². The van der Waals surface area contributed by atoms with Crippen LogP contribution in [0.25, 0.3) is 0 Å². The maximum absolute atomic E-state index is 12.4. The fourth-order valence-corrected chi connectivity index (χ4v) is 4.55. The summed E-state index contributed by atoms with van der Waals surface area (Å²) in [7, 11) is 0. The van der Waals surface area contributed by atoms with Crippen LogP contribution in [0.5, 0.6) is 0 Å². The molecule has 1 saturated heterocycles. The molecule has 2 N–H and O–H groups in total. The van der Waals surface area contributed by atoms with Gasteiger partial charge in [-0.05, 0) is 31.6 Å². The van der Waals surface area contributed by atoms with E-state index in [0.29, 0.717) is 30.6 Å². The fourth-order valence-electron chi connectivity index (χ4n) is 3.78. The SMILES string of the molecule is CC1CCC(N2CC(C(=O)NCCc3nc(C(=O)O)cs3)CC2=O)CC1. The van der Waals surface area contributed by atoms with E-state index in [2.05, 4.69) is 17.2 Å². The second-order valence-electron chi connectivity index (χ2n) is 7.33. The van der Waals surface area contributed by atoms with Crippen molar-refractivity contribution in [3.8, 4) is 0 Å². The zero-order chi connectivity index (χ0) is 18.7. The van der Waals surface area contributed by atoms with Gasteiger partial charge in [-0.1, -0.05) is 6.92 Å². The molecule has 8 heteroatoms. The van der Waals surface area contributed by atoms with Gasteiger partial charge in [0, 0.05) is 37.4 Å². The van der Waals surface area contributed by atoms with Gasteiger partial charge in [-0.15, -0.1) is 11.3 Å². The second-order valence-corrected chi connectivity index (χ2v) is 8.28. The van der Waals surface area contributed by atoms with Crippen molar-refractivity contribution in [3.05, 3.63) is 16.1 Å². The summed E-state index contributed by atoms with van der Waals surface area (Å²) < 4.78 is 0. The van der Waals surface area contributed by atoms with Gasteiger partial charge in [0.1, 0.15) is 0 Å². The molecule has 2 aliphatic rings. The highest BCUT2D eigenvalue weighted by Gasteiger charge is 2.38. The quantitative estimate of drug-likeness (QED) is 0.787. The van der Waals surface area contributed by atoms with Crippen LogP contribution in [-0.4, -0.2) is 51.9 Å². The van der Waals surface area contributed by atoms with Gasteiger partial charge in [0.15, 0.2) is 5.69 Å². The maximum atomic E-state index is 12.4. The Labute approximate surface area is 156 Å². The molecule has 3 rings (SSSR count). The summed E-state index contributed by atoms with van der Waals surface area (Å²) in [5.41, 5.74) is 0.0372. The summed E-state index contributed by atoms with van der Waals surface area (Å²) >= 11 is 1.28. The maximum Gasteiger partial charge on any atom is 0.355 e. The van der Waals surface area contributed by atoms with Crippen molar-refractivity contribution < 1.29 is 19.5 Å². The summed E-state index contributed by atoms with van der Waals surface area (Å²) in [5, 5.41) is 13.9. The van der Waals surface area contributed by atoms with Crippen molar-refractivity contribution in [2.45, 2.75) is 51.5 Å². The molecule has 26 heavy (non-hydrogen) atoms. The van der Waals surface area contributed by atoms with E-state index in [1.54, 1.807) is 0 Å². The van der Waals surface area contributed by atoms with E-state index < -0.39 is 5.97 Å². The van der Waals surface area contributed by atoms with E-state index >= 15 is 0 Å². The summed E-state index contributed by atoms with van der Waals surface area (Å²) in [4.78, 5) is 41.4. The van der Waals surface area contributed by atoms with E-state index in [-0.39, 0.29) is 29.8 Å². The first-order valence-electron chi connectivity index (χ1n) is 9.19. The molecule has 1 saturated carbocycles. The van der Waals surface area contributed by atoms with Gasteiger partial charge in [-0.3, -0.25) is 9.59 Å². The summed E-state index contributed by atoms with van der Waals surface area (Å²) in [6, 6.07) is 0.293. The van der Waals surface area contributed by atoms with Crippen molar-refractivity contribution in [2.24, 2.45) is 11.8 Å². The standard InChI is InChI=1S/C18H25N3O4S/c1-11-2-4-13(5-3-11)21-9-12(8-16(21)22)17(23)19-7-6-15-20-14(10-26-15)18(24)25/h10-13H,2-9H2,1H3,(H,19,23)(H,24,25). The van der Waals surface area contributed by atoms with Gasteiger partial charge >= 0.3 is 5.97 Å². The van der Waals surface area contributed by atoms with E-state index in [0.717, 1.165) is 31.6 Å². The lowest BCUT2D eigenvalue weighted by atomic mass is 9.87. The molecule has 142 valence electrons. The Morgan fingerprint density at radius 1 is 1.35 bits per heavy atom. The van der Waals surface area contributed by atoms with Crippen molar-refractivity contribution in [1.82, 2.24) is 15.2 Å². The lowest BCUT2D eigenvalue weighted by Gasteiger charge is -2.33. The first kappa shape index (κ1) is 18.8. The van der Waals surface area contributed by atoms with Crippen LogP contribution in [0.15, 0.2) is 5.38 Å². The molecule has 1 aliphatic carbocycles. The summed E-state index contributed by atoms with van der Waals surface area (Å²) in [5.74, 6) is -0.600. The Bertz CT molecular complexity index is 682. The third-order valence-electron chi connectivity index (χ3n) is 5.36. The Morgan fingerprint density at radius 2 is 2.08 bits per heavy atom. The van der Waals surface area contributed by atoms with Crippen LogP contribution in [0, 0.1) is 11.8 Å². The van der Waals surface area contributed by atoms with Gasteiger partial charge in [0.05, 0.1) is 10.9 Å². The number of likely N-dealkylation sites (tertiary alicyclic amines) is 1. The largest absolute Gasteiger partial charge is 0.476 e. The molecule has 1 aliphatic heterocycles. The van der Waals surface area contributed by atoms with E-state index in [4.69, 9.17) is 5.11 Å². The van der Waals surface area contributed by atoms with Crippen LogP contribution < -0.4 is 5.32 Å². The number of carboxylic acid groups (broad SMARTS) is 1. The Balaban J connectivity index is 1.44. The minimum absolute atomic E-state index is 0.0372. The minimum atomic E-state index is -1.04. The number of rotatable bonds is 6. The van der Waals surface area contributed by atoms with Crippen LogP contribution in [0.4, 0.5) is 0 Å².